The van der Waals surface area contributed by atoms with Gasteiger partial charge in [-0.15, -0.1) is 6.58 Å². The number of hydrogen-bond donors (Lipinski definition) is 2. The van der Waals surface area contributed by atoms with Crippen LogP contribution in [0.4, 0.5) is 5.69 Å². The van der Waals surface area contributed by atoms with E-state index in [2.05, 4.69) is 17.2 Å². The Morgan fingerprint density at radius 1 is 1.50 bits per heavy atom. The molecule has 0 aromatic heterocycles. The van der Waals surface area contributed by atoms with Crippen LogP contribution in [0.5, 0.6) is 0 Å². The van der Waals surface area contributed by atoms with E-state index < -0.39 is 0 Å². The lowest BCUT2D eigenvalue weighted by atomic mass is 10.1. The van der Waals surface area contributed by atoms with Crippen molar-refractivity contribution >= 4 is 11.6 Å². The molecule has 2 N–H and O–H groups in total. The number of para-hydroxylation sites is 1. The van der Waals surface area contributed by atoms with Gasteiger partial charge in [-0.05, 0) is 13.0 Å². The molecule has 0 fully saturated rings. The van der Waals surface area contributed by atoms with Gasteiger partial charge in [0.05, 0.1) is 6.61 Å². The van der Waals surface area contributed by atoms with E-state index in [1.807, 2.05) is 31.2 Å². The molecule has 0 heterocycles. The summed E-state index contributed by atoms with van der Waals surface area (Å²) < 4.78 is 5.12. The van der Waals surface area contributed by atoms with Gasteiger partial charge in [0.15, 0.2) is 0 Å². The first-order valence-corrected chi connectivity index (χ1v) is 5.91. The van der Waals surface area contributed by atoms with Gasteiger partial charge < -0.3 is 15.4 Å². The number of benzene rings is 1. The van der Waals surface area contributed by atoms with Gasteiger partial charge in [0.1, 0.15) is 6.04 Å². The minimum absolute atomic E-state index is 0.0536. The van der Waals surface area contributed by atoms with Crippen LogP contribution in [-0.4, -0.2) is 25.6 Å². The lowest BCUT2D eigenvalue weighted by Crippen LogP contribution is -2.37. The van der Waals surface area contributed by atoms with Crippen LogP contribution >= 0.6 is 0 Å². The number of nitrogens with one attached hydrogen (secondary N) is 2. The number of anilines is 1. The van der Waals surface area contributed by atoms with Gasteiger partial charge in [0.2, 0.25) is 5.91 Å². The highest BCUT2D eigenvalue weighted by molar-refractivity contribution is 5.84. The summed E-state index contributed by atoms with van der Waals surface area (Å²) in [5.74, 6) is -0.0536. The second-order valence-corrected chi connectivity index (χ2v) is 3.99. The number of hydrogen-bond acceptors (Lipinski definition) is 3. The number of carbonyl (C=O) groups is 1. The molecule has 1 rings (SSSR count). The van der Waals surface area contributed by atoms with E-state index in [0.29, 0.717) is 13.2 Å². The molecule has 1 aromatic rings. The summed E-state index contributed by atoms with van der Waals surface area (Å²) >= 11 is 0. The largest absolute Gasteiger partial charge is 0.380 e. The second-order valence-electron chi connectivity index (χ2n) is 3.99. The van der Waals surface area contributed by atoms with Gasteiger partial charge in [-0.3, -0.25) is 4.79 Å². The summed E-state index contributed by atoms with van der Waals surface area (Å²) in [4.78, 5) is 11.7. The van der Waals surface area contributed by atoms with Gasteiger partial charge in [-0.1, -0.05) is 24.3 Å². The van der Waals surface area contributed by atoms with Crippen LogP contribution in [-0.2, 0) is 16.1 Å². The Balaban J connectivity index is 2.65. The number of ether oxygens (including phenoxy) is 1. The van der Waals surface area contributed by atoms with Crippen molar-refractivity contribution in [2.24, 2.45) is 0 Å². The molecule has 0 radical (unpaired) electrons. The van der Waals surface area contributed by atoms with Crippen molar-refractivity contribution < 1.29 is 9.53 Å². The van der Waals surface area contributed by atoms with Gasteiger partial charge in [0, 0.05) is 24.9 Å². The Kier molecular flexibility index (Phi) is 5.94. The molecule has 4 heteroatoms. The first-order valence-electron chi connectivity index (χ1n) is 5.91. The van der Waals surface area contributed by atoms with E-state index in [9.17, 15) is 4.79 Å². The predicted octanol–water partition coefficient (Wildman–Crippen LogP) is 1.94. The van der Waals surface area contributed by atoms with Crippen LogP contribution in [0.15, 0.2) is 36.9 Å². The van der Waals surface area contributed by atoms with Crippen LogP contribution < -0.4 is 10.6 Å². The molecule has 0 bridgehead atoms. The third kappa shape index (κ3) is 4.22. The molecule has 1 amide bonds. The second kappa shape index (κ2) is 7.50. The highest BCUT2D eigenvalue weighted by atomic mass is 16.5. The maximum absolute atomic E-state index is 11.7. The third-order valence-electron chi connectivity index (χ3n) is 2.50. The van der Waals surface area contributed by atoms with Crippen molar-refractivity contribution in [3.05, 3.63) is 42.5 Å². The summed E-state index contributed by atoms with van der Waals surface area (Å²) in [6, 6.07) is 7.48. The normalized spacial score (nSPS) is 11.7. The smallest absolute Gasteiger partial charge is 0.242 e. The molecule has 1 aromatic carbocycles. The topological polar surface area (TPSA) is 50.4 Å². The first-order chi connectivity index (χ1) is 8.69. The van der Waals surface area contributed by atoms with E-state index >= 15 is 0 Å². The molecule has 18 heavy (non-hydrogen) atoms. The number of amides is 1. The van der Waals surface area contributed by atoms with Crippen LogP contribution in [0, 0.1) is 0 Å². The summed E-state index contributed by atoms with van der Waals surface area (Å²) in [5, 5.41) is 5.93. The summed E-state index contributed by atoms with van der Waals surface area (Å²) in [6.45, 7) is 6.38. The van der Waals surface area contributed by atoms with Crippen molar-refractivity contribution in [3.63, 3.8) is 0 Å². The third-order valence-corrected chi connectivity index (χ3v) is 2.50. The fourth-order valence-electron chi connectivity index (χ4n) is 1.57. The first kappa shape index (κ1) is 14.3. The van der Waals surface area contributed by atoms with Crippen LogP contribution in [0.1, 0.15) is 12.5 Å². The highest BCUT2D eigenvalue weighted by Gasteiger charge is 2.12. The van der Waals surface area contributed by atoms with Gasteiger partial charge in [-0.2, -0.15) is 0 Å². The quantitative estimate of drug-likeness (QED) is 0.725. The van der Waals surface area contributed by atoms with E-state index in [0.717, 1.165) is 11.3 Å². The van der Waals surface area contributed by atoms with Crippen molar-refractivity contribution in [2.45, 2.75) is 19.6 Å². The molecular weight excluding hydrogens is 228 g/mol. The Bertz CT molecular complexity index is 405. The molecule has 0 aliphatic rings. The molecular formula is C14H20N2O2. The SMILES string of the molecule is C=CCNC(=O)C(C)Nc1ccccc1COC. The average molecular weight is 248 g/mol. The molecule has 0 aliphatic carbocycles. The number of carbonyl (C=O) groups excluding carboxylic acids is 1. The molecule has 0 saturated carbocycles. The van der Waals surface area contributed by atoms with E-state index in [-0.39, 0.29) is 11.9 Å². The van der Waals surface area contributed by atoms with E-state index in [1.54, 1.807) is 13.2 Å². The molecule has 0 aliphatic heterocycles. The predicted molar refractivity (Wildman–Crippen MR) is 73.4 cm³/mol. The van der Waals surface area contributed by atoms with E-state index in [4.69, 9.17) is 4.74 Å². The number of methoxy groups -OCH3 is 1. The Morgan fingerprint density at radius 3 is 2.89 bits per heavy atom. The fourth-order valence-corrected chi connectivity index (χ4v) is 1.57. The van der Waals surface area contributed by atoms with Crippen LogP contribution in [0.3, 0.4) is 0 Å². The lowest BCUT2D eigenvalue weighted by Gasteiger charge is -2.17. The van der Waals surface area contributed by atoms with Gasteiger partial charge in [0.25, 0.3) is 0 Å². The van der Waals surface area contributed by atoms with Crippen LogP contribution in [0.25, 0.3) is 0 Å². The molecule has 0 saturated heterocycles. The molecule has 98 valence electrons. The maximum atomic E-state index is 11.7. The Labute approximate surface area is 108 Å². The highest BCUT2D eigenvalue weighted by Crippen LogP contribution is 2.16. The van der Waals surface area contributed by atoms with Crippen molar-refractivity contribution in [2.75, 3.05) is 19.0 Å². The molecule has 4 nitrogen and oxygen atoms in total. The maximum Gasteiger partial charge on any atom is 0.242 e. The minimum Gasteiger partial charge on any atom is -0.380 e. The van der Waals surface area contributed by atoms with Crippen LogP contribution in [0.2, 0.25) is 0 Å². The molecule has 1 atom stereocenters. The zero-order valence-corrected chi connectivity index (χ0v) is 10.9. The standard InChI is InChI=1S/C14H20N2O2/c1-4-9-15-14(17)11(2)16-13-8-6-5-7-12(13)10-18-3/h4-8,11,16H,1,9-10H2,2-3H3,(H,15,17). The summed E-state index contributed by atoms with van der Waals surface area (Å²) in [7, 11) is 1.65. The molecule has 1 unspecified atom stereocenters. The lowest BCUT2D eigenvalue weighted by molar-refractivity contribution is -0.121. The Morgan fingerprint density at radius 2 is 2.22 bits per heavy atom. The Hall–Kier alpha value is -1.81. The molecule has 0 spiro atoms. The van der Waals surface area contributed by atoms with E-state index in [1.165, 1.54) is 0 Å². The monoisotopic (exact) mass is 248 g/mol. The minimum atomic E-state index is -0.303. The fraction of sp³-hybridized carbons (Fsp3) is 0.357. The van der Waals surface area contributed by atoms with Crippen molar-refractivity contribution in [1.82, 2.24) is 5.32 Å². The summed E-state index contributed by atoms with van der Waals surface area (Å²) in [5.41, 5.74) is 1.95. The zero-order valence-electron chi connectivity index (χ0n) is 10.9. The zero-order chi connectivity index (χ0) is 13.4. The van der Waals surface area contributed by atoms with Crippen molar-refractivity contribution in [3.8, 4) is 0 Å². The van der Waals surface area contributed by atoms with Gasteiger partial charge in [-0.25, -0.2) is 0 Å². The van der Waals surface area contributed by atoms with Crippen molar-refractivity contribution in [1.29, 1.82) is 0 Å². The van der Waals surface area contributed by atoms with Gasteiger partial charge >= 0.3 is 0 Å². The average Bonchev–Trinajstić information content (AvgIpc) is 2.38. The number of rotatable bonds is 7. The summed E-state index contributed by atoms with van der Waals surface area (Å²) in [6.07, 6.45) is 1.66.